The van der Waals surface area contributed by atoms with Gasteiger partial charge < -0.3 is 0 Å². The van der Waals surface area contributed by atoms with Gasteiger partial charge in [0.15, 0.2) is 0 Å². The Morgan fingerprint density at radius 2 is 1.85 bits per heavy atom. The van der Waals surface area contributed by atoms with Gasteiger partial charge in [-0.2, -0.15) is 9.98 Å². The van der Waals surface area contributed by atoms with E-state index in [1.807, 2.05) is 0 Å². The first-order valence-corrected chi connectivity index (χ1v) is 3.61. The lowest BCUT2D eigenvalue weighted by Crippen LogP contribution is -1.68. The molecule has 0 spiro atoms. The van der Waals surface area contributed by atoms with Crippen LogP contribution < -0.4 is 0 Å². The van der Waals surface area contributed by atoms with Crippen molar-refractivity contribution in [1.29, 1.82) is 0 Å². The SMILES string of the molecule is O=C=Nc1ccc(N=C=O)c(Cl)c1. The van der Waals surface area contributed by atoms with Gasteiger partial charge in [-0.3, -0.25) is 0 Å². The van der Waals surface area contributed by atoms with Gasteiger partial charge in [-0.25, -0.2) is 9.59 Å². The summed E-state index contributed by atoms with van der Waals surface area (Å²) >= 11 is 5.68. The Bertz CT molecular complexity index is 418. The van der Waals surface area contributed by atoms with Gasteiger partial charge in [0, 0.05) is 0 Å². The molecule has 0 atom stereocenters. The fraction of sp³-hybridized carbons (Fsp3) is 0. The fourth-order valence-electron chi connectivity index (χ4n) is 0.758. The van der Waals surface area contributed by atoms with Crippen molar-refractivity contribution in [3.8, 4) is 0 Å². The normalized spacial score (nSPS) is 8.38. The van der Waals surface area contributed by atoms with Gasteiger partial charge in [0.25, 0.3) is 0 Å². The molecule has 0 unspecified atom stereocenters. The zero-order valence-electron chi connectivity index (χ0n) is 6.32. The molecule has 0 heterocycles. The van der Waals surface area contributed by atoms with Gasteiger partial charge in [-0.05, 0) is 18.2 Å². The average molecular weight is 195 g/mol. The molecule has 0 bridgehead atoms. The van der Waals surface area contributed by atoms with E-state index in [0.717, 1.165) is 0 Å². The highest BCUT2D eigenvalue weighted by Gasteiger charge is 1.99. The minimum Gasteiger partial charge on any atom is -0.211 e. The summed E-state index contributed by atoms with van der Waals surface area (Å²) in [5.41, 5.74) is 0.659. The molecule has 1 rings (SSSR count). The molecule has 1 aromatic carbocycles. The molecule has 13 heavy (non-hydrogen) atoms. The maximum atomic E-state index is 9.90. The predicted molar refractivity (Wildman–Crippen MR) is 47.0 cm³/mol. The summed E-state index contributed by atoms with van der Waals surface area (Å²) in [7, 11) is 0. The lowest BCUT2D eigenvalue weighted by molar-refractivity contribution is 0.564. The third kappa shape index (κ3) is 2.36. The van der Waals surface area contributed by atoms with Crippen molar-refractivity contribution in [2.75, 3.05) is 0 Å². The summed E-state index contributed by atoms with van der Waals surface area (Å²) in [4.78, 5) is 26.4. The second-order valence-corrected chi connectivity index (χ2v) is 2.45. The molecule has 0 fully saturated rings. The molecule has 0 saturated carbocycles. The quantitative estimate of drug-likeness (QED) is 0.536. The molecule has 4 nitrogen and oxygen atoms in total. The molecule has 1 aromatic rings. The number of aliphatic imine (C=N–C) groups is 2. The largest absolute Gasteiger partial charge is 0.240 e. The number of carbonyl (C=O) groups excluding carboxylic acids is 2. The molecule has 0 radical (unpaired) electrons. The molecule has 5 heteroatoms. The summed E-state index contributed by atoms with van der Waals surface area (Å²) in [6.45, 7) is 0. The molecular formula is C8H3ClN2O2. The maximum absolute atomic E-state index is 9.90. The number of nitrogens with zero attached hydrogens (tertiary/aromatic N) is 2. The lowest BCUT2D eigenvalue weighted by atomic mass is 10.3. The Morgan fingerprint density at radius 1 is 1.15 bits per heavy atom. The zero-order valence-corrected chi connectivity index (χ0v) is 7.08. The van der Waals surface area contributed by atoms with Crippen LogP contribution in [0.5, 0.6) is 0 Å². The highest BCUT2D eigenvalue weighted by atomic mass is 35.5. The Labute approximate surface area is 78.6 Å². The third-order valence-corrected chi connectivity index (χ3v) is 1.57. The van der Waals surface area contributed by atoms with Crippen LogP contribution in [-0.2, 0) is 9.59 Å². The first-order valence-electron chi connectivity index (χ1n) is 3.23. The topological polar surface area (TPSA) is 58.9 Å². The second kappa shape index (κ2) is 4.33. The summed E-state index contributed by atoms with van der Waals surface area (Å²) in [6, 6.07) is 4.36. The van der Waals surface area contributed by atoms with E-state index in [-0.39, 0.29) is 5.02 Å². The van der Waals surface area contributed by atoms with E-state index in [1.54, 1.807) is 0 Å². The third-order valence-electron chi connectivity index (χ3n) is 1.27. The monoisotopic (exact) mass is 194 g/mol. The molecule has 0 aliphatic carbocycles. The van der Waals surface area contributed by atoms with Crippen molar-refractivity contribution < 1.29 is 9.59 Å². The van der Waals surface area contributed by atoms with Crippen molar-refractivity contribution in [3.05, 3.63) is 23.2 Å². The van der Waals surface area contributed by atoms with Crippen LogP contribution in [-0.4, -0.2) is 12.2 Å². The van der Waals surface area contributed by atoms with Crippen molar-refractivity contribution in [3.63, 3.8) is 0 Å². The highest BCUT2D eigenvalue weighted by molar-refractivity contribution is 6.33. The number of isocyanates is 2. The van der Waals surface area contributed by atoms with Gasteiger partial charge in [0.2, 0.25) is 12.2 Å². The molecule has 64 valence electrons. The Hall–Kier alpha value is -1.73. The minimum absolute atomic E-state index is 0.236. The van der Waals surface area contributed by atoms with Crippen molar-refractivity contribution in [2.24, 2.45) is 9.98 Å². The van der Waals surface area contributed by atoms with Crippen molar-refractivity contribution in [1.82, 2.24) is 0 Å². The van der Waals surface area contributed by atoms with Crippen LogP contribution in [0.15, 0.2) is 28.2 Å². The lowest BCUT2D eigenvalue weighted by Gasteiger charge is -1.95. The predicted octanol–water partition coefficient (Wildman–Crippen LogP) is 2.27. The van der Waals surface area contributed by atoms with Gasteiger partial charge in [-0.15, -0.1) is 0 Å². The Morgan fingerprint density at radius 3 is 2.38 bits per heavy atom. The average Bonchev–Trinajstić information content (AvgIpc) is 2.10. The Balaban J connectivity index is 3.19. The van der Waals surface area contributed by atoms with Crippen molar-refractivity contribution in [2.45, 2.75) is 0 Å². The number of benzene rings is 1. The molecule has 0 amide bonds. The number of halogens is 1. The van der Waals surface area contributed by atoms with E-state index in [4.69, 9.17) is 11.6 Å². The van der Waals surface area contributed by atoms with E-state index < -0.39 is 0 Å². The first-order chi connectivity index (χ1) is 6.27. The highest BCUT2D eigenvalue weighted by Crippen LogP contribution is 2.28. The molecule has 0 saturated heterocycles. The summed E-state index contributed by atoms with van der Waals surface area (Å²) in [5, 5.41) is 0.236. The van der Waals surface area contributed by atoms with E-state index in [2.05, 4.69) is 9.98 Å². The number of hydrogen-bond donors (Lipinski definition) is 0. The van der Waals surface area contributed by atoms with E-state index >= 15 is 0 Å². The van der Waals surface area contributed by atoms with E-state index in [9.17, 15) is 9.59 Å². The number of hydrogen-bond acceptors (Lipinski definition) is 4. The summed E-state index contributed by atoms with van der Waals surface area (Å²) in [6.07, 6.45) is 2.73. The van der Waals surface area contributed by atoms with Gasteiger partial charge in [0.1, 0.15) is 0 Å². The van der Waals surface area contributed by atoms with Crippen LogP contribution in [0.3, 0.4) is 0 Å². The zero-order chi connectivity index (χ0) is 9.68. The number of rotatable bonds is 2. The summed E-state index contributed by atoms with van der Waals surface area (Å²) in [5.74, 6) is 0. The standard InChI is InChI=1S/C8H3ClN2O2/c9-7-3-6(10-4-12)1-2-8(7)11-5-13/h1-3H. The van der Waals surface area contributed by atoms with E-state index in [0.29, 0.717) is 11.4 Å². The van der Waals surface area contributed by atoms with Crippen LogP contribution in [0.4, 0.5) is 11.4 Å². The Kier molecular flexibility index (Phi) is 3.12. The van der Waals surface area contributed by atoms with Gasteiger partial charge in [-0.1, -0.05) is 11.6 Å². The summed E-state index contributed by atoms with van der Waals surface area (Å²) < 4.78 is 0. The minimum atomic E-state index is 0.236. The fourth-order valence-corrected chi connectivity index (χ4v) is 0.975. The van der Waals surface area contributed by atoms with Crippen LogP contribution >= 0.6 is 11.6 Å². The second-order valence-electron chi connectivity index (χ2n) is 2.04. The molecule has 0 aliphatic heterocycles. The van der Waals surface area contributed by atoms with Crippen LogP contribution in [0.2, 0.25) is 5.02 Å². The smallest absolute Gasteiger partial charge is 0.211 e. The van der Waals surface area contributed by atoms with E-state index in [1.165, 1.54) is 30.4 Å². The molecular weight excluding hydrogens is 192 g/mol. The van der Waals surface area contributed by atoms with Crippen molar-refractivity contribution >= 4 is 35.1 Å². The van der Waals surface area contributed by atoms with Crippen LogP contribution in [0, 0.1) is 0 Å². The maximum Gasteiger partial charge on any atom is 0.240 e. The molecule has 0 N–H and O–H groups in total. The van der Waals surface area contributed by atoms with Crippen LogP contribution in [0.25, 0.3) is 0 Å². The van der Waals surface area contributed by atoms with Crippen LogP contribution in [0.1, 0.15) is 0 Å². The molecule has 0 aliphatic rings. The van der Waals surface area contributed by atoms with Gasteiger partial charge in [0.05, 0.1) is 16.4 Å². The first kappa shape index (κ1) is 9.36. The molecule has 0 aromatic heterocycles. The van der Waals surface area contributed by atoms with Gasteiger partial charge >= 0.3 is 0 Å².